The quantitative estimate of drug-likeness (QED) is 0.683. The monoisotopic (exact) mass is 257 g/mol. The van der Waals surface area contributed by atoms with E-state index < -0.39 is 0 Å². The lowest BCUT2D eigenvalue weighted by Crippen LogP contribution is -2.22. The molecule has 6 nitrogen and oxygen atoms in total. The minimum absolute atomic E-state index is 0.0497. The van der Waals surface area contributed by atoms with Gasteiger partial charge in [-0.05, 0) is 19.1 Å². The van der Waals surface area contributed by atoms with Gasteiger partial charge < -0.3 is 0 Å². The Morgan fingerprint density at radius 1 is 1.26 bits per heavy atom. The summed E-state index contributed by atoms with van der Waals surface area (Å²) in [5, 5.41) is 4.39. The maximum absolute atomic E-state index is 12.2. The van der Waals surface area contributed by atoms with Crippen LogP contribution >= 0.6 is 0 Å². The number of nitrogens with zero attached hydrogens (tertiary/aromatic N) is 5. The van der Waals surface area contributed by atoms with Crippen LogP contribution in [0.4, 0.5) is 0 Å². The van der Waals surface area contributed by atoms with Gasteiger partial charge in [0.15, 0.2) is 0 Å². The van der Waals surface area contributed by atoms with Gasteiger partial charge in [-0.3, -0.25) is 18.8 Å². The van der Waals surface area contributed by atoms with Crippen molar-refractivity contribution in [2.45, 2.75) is 13.5 Å². The lowest BCUT2D eigenvalue weighted by atomic mass is 10.3. The van der Waals surface area contributed by atoms with Crippen molar-refractivity contribution in [3.05, 3.63) is 46.4 Å². The van der Waals surface area contributed by atoms with Gasteiger partial charge in [0, 0.05) is 26.0 Å². The molecule has 0 amide bonds. The second-order valence-electron chi connectivity index (χ2n) is 4.69. The standard InChI is InChI=1S/C13H15N5O/c1-9-6-10(15-17(9)3)8-18-11-4-5-14-7-12(11)16(2)13(18)19/h4-7H,8H2,1-3H3. The third-order valence-corrected chi connectivity index (χ3v) is 3.43. The van der Waals surface area contributed by atoms with Crippen LogP contribution in [0.5, 0.6) is 0 Å². The number of rotatable bonds is 2. The molecule has 0 aliphatic rings. The Kier molecular flexibility index (Phi) is 2.51. The summed E-state index contributed by atoms with van der Waals surface area (Å²) in [4.78, 5) is 16.3. The first-order valence-electron chi connectivity index (χ1n) is 6.06. The van der Waals surface area contributed by atoms with Gasteiger partial charge >= 0.3 is 5.69 Å². The molecule has 0 radical (unpaired) electrons. The molecule has 3 rings (SSSR count). The molecule has 3 aromatic rings. The maximum atomic E-state index is 12.2. The van der Waals surface area contributed by atoms with Gasteiger partial charge in [-0.15, -0.1) is 0 Å². The molecule has 98 valence electrons. The zero-order valence-electron chi connectivity index (χ0n) is 11.2. The fourth-order valence-electron chi connectivity index (χ4n) is 2.28. The highest BCUT2D eigenvalue weighted by atomic mass is 16.1. The smallest absolute Gasteiger partial charge is 0.293 e. The van der Waals surface area contributed by atoms with Crippen LogP contribution in [-0.4, -0.2) is 23.9 Å². The van der Waals surface area contributed by atoms with Crippen LogP contribution in [0.25, 0.3) is 11.0 Å². The molecule has 3 heterocycles. The van der Waals surface area contributed by atoms with Crippen LogP contribution in [0.15, 0.2) is 29.3 Å². The molecule has 0 saturated carbocycles. The van der Waals surface area contributed by atoms with Crippen LogP contribution < -0.4 is 5.69 Å². The number of aryl methyl sites for hydroxylation is 3. The largest absolute Gasteiger partial charge is 0.329 e. The molecule has 19 heavy (non-hydrogen) atoms. The van der Waals surface area contributed by atoms with Gasteiger partial charge in [-0.25, -0.2) is 4.79 Å². The molecular weight excluding hydrogens is 242 g/mol. The van der Waals surface area contributed by atoms with Gasteiger partial charge in [0.25, 0.3) is 0 Å². The zero-order valence-corrected chi connectivity index (χ0v) is 11.2. The summed E-state index contributed by atoms with van der Waals surface area (Å²) in [6.45, 7) is 2.47. The molecule has 0 N–H and O–H groups in total. The Balaban J connectivity index is 2.15. The fourth-order valence-corrected chi connectivity index (χ4v) is 2.28. The van der Waals surface area contributed by atoms with E-state index in [1.807, 2.05) is 30.8 Å². The number of hydrogen-bond donors (Lipinski definition) is 0. The number of aromatic nitrogens is 5. The van der Waals surface area contributed by atoms with Crippen molar-refractivity contribution in [1.82, 2.24) is 23.9 Å². The van der Waals surface area contributed by atoms with Crippen LogP contribution in [-0.2, 0) is 20.6 Å². The van der Waals surface area contributed by atoms with Crippen molar-refractivity contribution in [1.29, 1.82) is 0 Å². The Bertz CT molecular complexity index is 789. The van der Waals surface area contributed by atoms with Crippen molar-refractivity contribution in [3.63, 3.8) is 0 Å². The molecule has 0 aliphatic heterocycles. The zero-order chi connectivity index (χ0) is 13.6. The van der Waals surface area contributed by atoms with Crippen LogP contribution in [0.2, 0.25) is 0 Å². The number of imidazole rings is 1. The van der Waals surface area contributed by atoms with E-state index in [4.69, 9.17) is 0 Å². The average Bonchev–Trinajstić information content (AvgIpc) is 2.84. The van der Waals surface area contributed by atoms with Crippen LogP contribution in [0.1, 0.15) is 11.4 Å². The predicted octanol–water partition coefficient (Wildman–Crippen LogP) is 0.825. The molecule has 0 bridgehead atoms. The number of fused-ring (bicyclic) bond motifs is 1. The number of pyridine rings is 1. The highest BCUT2D eigenvalue weighted by Gasteiger charge is 2.12. The summed E-state index contributed by atoms with van der Waals surface area (Å²) < 4.78 is 5.14. The lowest BCUT2D eigenvalue weighted by Gasteiger charge is -1.99. The lowest BCUT2D eigenvalue weighted by molar-refractivity contribution is 0.680. The van der Waals surface area contributed by atoms with Gasteiger partial charge in [-0.2, -0.15) is 5.10 Å². The molecular formula is C13H15N5O. The average molecular weight is 257 g/mol. The summed E-state index contributed by atoms with van der Waals surface area (Å²) in [6, 6.07) is 3.85. The van der Waals surface area contributed by atoms with Crippen molar-refractivity contribution in [2.24, 2.45) is 14.1 Å². The van der Waals surface area contributed by atoms with Crippen LogP contribution in [0.3, 0.4) is 0 Å². The molecule has 3 aromatic heterocycles. The van der Waals surface area contributed by atoms with Gasteiger partial charge in [0.1, 0.15) is 0 Å². The summed E-state index contributed by atoms with van der Waals surface area (Å²) >= 11 is 0. The van der Waals surface area contributed by atoms with Crippen molar-refractivity contribution in [2.75, 3.05) is 0 Å². The molecule has 0 saturated heterocycles. The molecule has 0 spiro atoms. The third-order valence-electron chi connectivity index (χ3n) is 3.43. The van der Waals surface area contributed by atoms with Gasteiger partial charge in [-0.1, -0.05) is 0 Å². The third kappa shape index (κ3) is 1.76. The summed E-state index contributed by atoms with van der Waals surface area (Å²) in [5.74, 6) is 0. The highest BCUT2D eigenvalue weighted by Crippen LogP contribution is 2.12. The molecule has 0 fully saturated rings. The Labute approximate surface area is 109 Å². The van der Waals surface area contributed by atoms with E-state index in [1.54, 1.807) is 28.6 Å². The Hall–Kier alpha value is -2.37. The van der Waals surface area contributed by atoms with Gasteiger partial charge in [0.05, 0.1) is 29.5 Å². The number of hydrogen-bond acceptors (Lipinski definition) is 3. The van der Waals surface area contributed by atoms with Crippen LogP contribution in [0, 0.1) is 6.92 Å². The molecule has 0 unspecified atom stereocenters. The second-order valence-corrected chi connectivity index (χ2v) is 4.69. The Morgan fingerprint density at radius 3 is 2.74 bits per heavy atom. The van der Waals surface area contributed by atoms with E-state index in [-0.39, 0.29) is 5.69 Å². The first-order chi connectivity index (χ1) is 9.08. The van der Waals surface area contributed by atoms with Crippen molar-refractivity contribution < 1.29 is 0 Å². The SMILES string of the molecule is Cc1cc(Cn2c(=O)n(C)c3cnccc32)nn1C. The maximum Gasteiger partial charge on any atom is 0.329 e. The summed E-state index contributed by atoms with van der Waals surface area (Å²) in [7, 11) is 3.65. The summed E-state index contributed by atoms with van der Waals surface area (Å²) in [5.41, 5.74) is 3.62. The minimum atomic E-state index is -0.0497. The van der Waals surface area contributed by atoms with E-state index in [2.05, 4.69) is 10.1 Å². The molecule has 0 aliphatic carbocycles. The normalized spacial score (nSPS) is 11.3. The molecule has 0 atom stereocenters. The predicted molar refractivity (Wildman–Crippen MR) is 72.0 cm³/mol. The molecule has 0 aromatic carbocycles. The van der Waals surface area contributed by atoms with E-state index in [9.17, 15) is 4.79 Å². The fraction of sp³-hybridized carbons (Fsp3) is 0.308. The van der Waals surface area contributed by atoms with Gasteiger partial charge in [0.2, 0.25) is 0 Å². The highest BCUT2D eigenvalue weighted by molar-refractivity contribution is 5.74. The van der Waals surface area contributed by atoms with Crippen molar-refractivity contribution >= 4 is 11.0 Å². The van der Waals surface area contributed by atoms with E-state index in [0.717, 1.165) is 22.4 Å². The first-order valence-corrected chi connectivity index (χ1v) is 6.06. The van der Waals surface area contributed by atoms with E-state index in [1.165, 1.54) is 0 Å². The van der Waals surface area contributed by atoms with Crippen molar-refractivity contribution in [3.8, 4) is 0 Å². The summed E-state index contributed by atoms with van der Waals surface area (Å²) in [6.07, 6.45) is 3.40. The first kappa shape index (κ1) is 11.7. The van der Waals surface area contributed by atoms with E-state index in [0.29, 0.717) is 6.54 Å². The second kappa shape index (κ2) is 4.08. The van der Waals surface area contributed by atoms with E-state index >= 15 is 0 Å². The Morgan fingerprint density at radius 2 is 2.05 bits per heavy atom. The topological polar surface area (TPSA) is 57.6 Å². The minimum Gasteiger partial charge on any atom is -0.293 e. The molecule has 6 heteroatoms.